The van der Waals surface area contributed by atoms with Crippen LogP contribution in [0.4, 0.5) is 0 Å². The van der Waals surface area contributed by atoms with Gasteiger partial charge in [-0.2, -0.15) is 5.10 Å². The molecule has 5 nitrogen and oxygen atoms in total. The summed E-state index contributed by atoms with van der Waals surface area (Å²) in [6.07, 6.45) is 8.73. The van der Waals surface area contributed by atoms with Crippen LogP contribution >= 0.6 is 0 Å². The molecule has 25 heavy (non-hydrogen) atoms. The van der Waals surface area contributed by atoms with E-state index in [1.807, 2.05) is 9.58 Å². The van der Waals surface area contributed by atoms with Crippen LogP contribution in [0.25, 0.3) is 0 Å². The van der Waals surface area contributed by atoms with E-state index in [1.165, 1.54) is 0 Å². The van der Waals surface area contributed by atoms with E-state index in [1.54, 1.807) is 6.20 Å². The van der Waals surface area contributed by atoms with Gasteiger partial charge in [0.25, 0.3) is 5.91 Å². The van der Waals surface area contributed by atoms with E-state index in [9.17, 15) is 9.90 Å². The van der Waals surface area contributed by atoms with Gasteiger partial charge >= 0.3 is 0 Å². The molecule has 0 bridgehead atoms. The monoisotopic (exact) mass is 347 g/mol. The van der Waals surface area contributed by atoms with Crippen molar-refractivity contribution in [3.63, 3.8) is 0 Å². The van der Waals surface area contributed by atoms with Crippen LogP contribution in [0.15, 0.2) is 6.20 Å². The summed E-state index contributed by atoms with van der Waals surface area (Å²) >= 11 is 0. The Kier molecular flexibility index (Phi) is 5.52. The summed E-state index contributed by atoms with van der Waals surface area (Å²) in [6, 6.07) is 0. The summed E-state index contributed by atoms with van der Waals surface area (Å²) < 4.78 is 2.01. The first kappa shape index (κ1) is 18.4. The number of amides is 1. The second kappa shape index (κ2) is 7.48. The fourth-order valence-electron chi connectivity index (χ4n) is 4.53. The van der Waals surface area contributed by atoms with Gasteiger partial charge in [0.05, 0.1) is 23.6 Å². The highest BCUT2D eigenvalue weighted by molar-refractivity contribution is 5.95. The SMILES string of the molecule is CCc1c(C(=O)N2CCC3(CCC(O)CC3)CC2)cnn1CC(C)C. The normalized spacial score (nSPS) is 21.2. The van der Waals surface area contributed by atoms with E-state index in [2.05, 4.69) is 25.9 Å². The Bertz CT molecular complexity index is 590. The van der Waals surface area contributed by atoms with Crippen molar-refractivity contribution in [1.29, 1.82) is 0 Å². The summed E-state index contributed by atoms with van der Waals surface area (Å²) in [4.78, 5) is 15.1. The number of aliphatic hydroxyl groups excluding tert-OH is 1. The molecule has 1 saturated carbocycles. The average molecular weight is 348 g/mol. The molecule has 1 aromatic rings. The van der Waals surface area contributed by atoms with Crippen molar-refractivity contribution in [2.45, 2.75) is 78.4 Å². The number of carbonyl (C=O) groups is 1. The van der Waals surface area contributed by atoms with Gasteiger partial charge < -0.3 is 10.0 Å². The summed E-state index contributed by atoms with van der Waals surface area (Å²) in [5, 5.41) is 14.2. The minimum atomic E-state index is -0.107. The van der Waals surface area contributed by atoms with E-state index in [4.69, 9.17) is 0 Å². The van der Waals surface area contributed by atoms with Gasteiger partial charge in [-0.15, -0.1) is 0 Å². The van der Waals surface area contributed by atoms with Crippen LogP contribution in [0, 0.1) is 11.3 Å². The van der Waals surface area contributed by atoms with Gasteiger partial charge in [-0.25, -0.2) is 0 Å². The van der Waals surface area contributed by atoms with Crippen molar-refractivity contribution in [2.75, 3.05) is 13.1 Å². The molecule has 1 aliphatic heterocycles. The fourth-order valence-corrected chi connectivity index (χ4v) is 4.53. The van der Waals surface area contributed by atoms with E-state index in [-0.39, 0.29) is 12.0 Å². The maximum Gasteiger partial charge on any atom is 0.257 e. The summed E-state index contributed by atoms with van der Waals surface area (Å²) in [7, 11) is 0. The summed E-state index contributed by atoms with van der Waals surface area (Å²) in [5.74, 6) is 0.669. The highest BCUT2D eigenvalue weighted by Gasteiger charge is 2.39. The summed E-state index contributed by atoms with van der Waals surface area (Å²) in [5.41, 5.74) is 2.23. The van der Waals surface area contributed by atoms with E-state index in [0.717, 1.165) is 75.8 Å². The molecule has 1 spiro atoms. The number of aliphatic hydroxyl groups is 1. The highest BCUT2D eigenvalue weighted by Crippen LogP contribution is 2.44. The molecule has 0 unspecified atom stereocenters. The summed E-state index contributed by atoms with van der Waals surface area (Å²) in [6.45, 7) is 8.99. The standard InChI is InChI=1S/C20H33N3O2/c1-4-18-17(13-21-23(18)14-15(2)3)19(25)22-11-9-20(10-12-22)7-5-16(24)6-8-20/h13,15-16,24H,4-12,14H2,1-3H3. The number of rotatable bonds is 4. The van der Waals surface area contributed by atoms with Crippen LogP contribution in [0.2, 0.25) is 0 Å². The number of carbonyl (C=O) groups excluding carboxylic acids is 1. The van der Waals surface area contributed by atoms with Gasteiger partial charge in [-0.1, -0.05) is 20.8 Å². The smallest absolute Gasteiger partial charge is 0.257 e. The van der Waals surface area contributed by atoms with Gasteiger partial charge in [-0.05, 0) is 56.3 Å². The van der Waals surface area contributed by atoms with E-state index < -0.39 is 0 Å². The molecule has 0 radical (unpaired) electrons. The fraction of sp³-hybridized carbons (Fsp3) is 0.800. The number of aromatic nitrogens is 2. The Morgan fingerprint density at radius 3 is 2.48 bits per heavy atom. The predicted molar refractivity (Wildman–Crippen MR) is 98.5 cm³/mol. The molecular weight excluding hydrogens is 314 g/mol. The van der Waals surface area contributed by atoms with Crippen LogP contribution in [0.1, 0.15) is 75.3 Å². The molecule has 2 heterocycles. The minimum absolute atomic E-state index is 0.107. The lowest BCUT2D eigenvalue weighted by Gasteiger charge is -2.45. The molecule has 3 rings (SSSR count). The third-order valence-corrected chi connectivity index (χ3v) is 6.18. The highest BCUT2D eigenvalue weighted by atomic mass is 16.3. The zero-order chi connectivity index (χ0) is 18.0. The number of hydrogen-bond acceptors (Lipinski definition) is 3. The van der Waals surface area contributed by atoms with Crippen LogP contribution in [-0.2, 0) is 13.0 Å². The number of hydrogen-bond donors (Lipinski definition) is 1. The van der Waals surface area contributed by atoms with E-state index >= 15 is 0 Å². The Labute approximate surface area is 151 Å². The zero-order valence-electron chi connectivity index (χ0n) is 16.0. The van der Waals surface area contributed by atoms with Crippen LogP contribution in [-0.4, -0.2) is 44.9 Å². The van der Waals surface area contributed by atoms with Crippen molar-refractivity contribution in [2.24, 2.45) is 11.3 Å². The predicted octanol–water partition coefficient (Wildman–Crippen LogP) is 3.26. The van der Waals surface area contributed by atoms with Crippen LogP contribution < -0.4 is 0 Å². The molecule has 1 saturated heterocycles. The molecule has 2 aliphatic rings. The zero-order valence-corrected chi connectivity index (χ0v) is 16.0. The van der Waals surface area contributed by atoms with Crippen molar-refractivity contribution >= 4 is 5.91 Å². The molecule has 5 heteroatoms. The van der Waals surface area contributed by atoms with Gasteiger partial charge in [0.15, 0.2) is 0 Å². The topological polar surface area (TPSA) is 58.4 Å². The molecule has 1 N–H and O–H groups in total. The number of nitrogens with zero attached hydrogens (tertiary/aromatic N) is 3. The Morgan fingerprint density at radius 1 is 1.28 bits per heavy atom. The third-order valence-electron chi connectivity index (χ3n) is 6.18. The molecule has 1 amide bonds. The van der Waals surface area contributed by atoms with Crippen molar-refractivity contribution in [3.8, 4) is 0 Å². The molecule has 1 aliphatic carbocycles. The largest absolute Gasteiger partial charge is 0.393 e. The molecule has 0 atom stereocenters. The van der Waals surface area contributed by atoms with Crippen molar-refractivity contribution in [3.05, 3.63) is 17.5 Å². The van der Waals surface area contributed by atoms with Crippen LogP contribution in [0.3, 0.4) is 0 Å². The second-order valence-corrected chi connectivity index (χ2v) is 8.46. The van der Waals surface area contributed by atoms with Gasteiger partial charge in [-0.3, -0.25) is 9.48 Å². The first-order valence-corrected chi connectivity index (χ1v) is 9.96. The lowest BCUT2D eigenvalue weighted by atomic mass is 9.67. The quantitative estimate of drug-likeness (QED) is 0.909. The molecular formula is C20H33N3O2. The molecule has 140 valence electrons. The van der Waals surface area contributed by atoms with Crippen molar-refractivity contribution < 1.29 is 9.90 Å². The second-order valence-electron chi connectivity index (χ2n) is 8.46. The maximum absolute atomic E-state index is 13.0. The van der Waals surface area contributed by atoms with Gasteiger partial charge in [0, 0.05) is 19.6 Å². The Morgan fingerprint density at radius 2 is 1.92 bits per heavy atom. The lowest BCUT2D eigenvalue weighted by Crippen LogP contribution is -2.45. The Balaban J connectivity index is 1.66. The van der Waals surface area contributed by atoms with Crippen molar-refractivity contribution in [1.82, 2.24) is 14.7 Å². The Hall–Kier alpha value is -1.36. The maximum atomic E-state index is 13.0. The molecule has 0 aromatic carbocycles. The first-order valence-electron chi connectivity index (χ1n) is 9.96. The van der Waals surface area contributed by atoms with Gasteiger partial charge in [0.1, 0.15) is 0 Å². The van der Waals surface area contributed by atoms with Gasteiger partial charge in [0.2, 0.25) is 0 Å². The first-order chi connectivity index (χ1) is 11.9. The average Bonchev–Trinajstić information content (AvgIpc) is 2.99. The van der Waals surface area contributed by atoms with Crippen LogP contribution in [0.5, 0.6) is 0 Å². The lowest BCUT2D eigenvalue weighted by molar-refractivity contribution is 0.0168. The molecule has 1 aromatic heterocycles. The van der Waals surface area contributed by atoms with E-state index in [0.29, 0.717) is 11.3 Å². The number of piperidine rings is 1. The number of likely N-dealkylation sites (tertiary alicyclic amines) is 1. The third kappa shape index (κ3) is 3.91. The minimum Gasteiger partial charge on any atom is -0.393 e. The molecule has 2 fully saturated rings.